The molecule has 0 fully saturated rings. The number of nitro groups is 1. The maximum absolute atomic E-state index is 11.1. The lowest BCUT2D eigenvalue weighted by atomic mass is 9.98. The molecule has 0 saturated carbocycles. The van der Waals surface area contributed by atoms with Gasteiger partial charge in [0.1, 0.15) is 0 Å². The number of nitrogens with zero attached hydrogens (tertiary/aromatic N) is 1. The molecule has 2 aromatic carbocycles. The number of halogens is 2. The van der Waals surface area contributed by atoms with Crippen LogP contribution in [0.25, 0.3) is 0 Å². The van der Waals surface area contributed by atoms with Crippen LogP contribution in [-0.2, 0) is 6.42 Å². The van der Waals surface area contributed by atoms with Gasteiger partial charge in [0, 0.05) is 27.2 Å². The van der Waals surface area contributed by atoms with E-state index in [2.05, 4.69) is 21.2 Å². The van der Waals surface area contributed by atoms with E-state index in [-0.39, 0.29) is 16.7 Å². The fourth-order valence-corrected chi connectivity index (χ4v) is 3.04. The Morgan fingerprint density at radius 1 is 1.33 bits per heavy atom. The van der Waals surface area contributed by atoms with E-state index >= 15 is 0 Å². The number of nitrogens with one attached hydrogen (secondary N) is 1. The van der Waals surface area contributed by atoms with Gasteiger partial charge >= 0.3 is 0 Å². The molecule has 0 aliphatic rings. The molecule has 21 heavy (non-hydrogen) atoms. The first-order chi connectivity index (χ1) is 10.0. The lowest BCUT2D eigenvalue weighted by molar-refractivity contribution is -0.385. The number of likely N-dealkylation sites (N-methyl/N-ethyl adjacent to an activating group) is 1. The minimum absolute atomic E-state index is 0.0910. The summed E-state index contributed by atoms with van der Waals surface area (Å²) in [6, 6.07) is 12.3. The molecule has 0 bridgehead atoms. The zero-order valence-corrected chi connectivity index (χ0v) is 13.7. The number of hydrogen-bond donors (Lipinski definition) is 1. The number of hydrogen-bond acceptors (Lipinski definition) is 3. The molecule has 0 saturated heterocycles. The first-order valence-corrected chi connectivity index (χ1v) is 7.54. The zero-order valence-electron chi connectivity index (χ0n) is 11.3. The largest absolute Gasteiger partial charge is 0.313 e. The van der Waals surface area contributed by atoms with Crippen LogP contribution < -0.4 is 5.32 Å². The summed E-state index contributed by atoms with van der Waals surface area (Å²) < 4.78 is 0.900. The van der Waals surface area contributed by atoms with E-state index in [0.717, 1.165) is 10.0 Å². The molecule has 2 aromatic rings. The van der Waals surface area contributed by atoms with Gasteiger partial charge in [0.2, 0.25) is 0 Å². The number of rotatable bonds is 5. The normalized spacial score (nSPS) is 12.1. The minimum Gasteiger partial charge on any atom is -0.313 e. The fraction of sp³-hybridized carbons (Fsp3) is 0.200. The van der Waals surface area contributed by atoms with Crippen molar-refractivity contribution in [2.24, 2.45) is 0 Å². The summed E-state index contributed by atoms with van der Waals surface area (Å²) in [5.74, 6) is 0. The Labute approximate surface area is 136 Å². The van der Waals surface area contributed by atoms with Gasteiger partial charge < -0.3 is 5.32 Å². The maximum Gasteiger partial charge on any atom is 0.272 e. The molecule has 1 N–H and O–H groups in total. The van der Waals surface area contributed by atoms with Gasteiger partial charge in [-0.3, -0.25) is 10.1 Å². The van der Waals surface area contributed by atoms with Crippen LogP contribution in [0.2, 0.25) is 5.02 Å². The second kappa shape index (κ2) is 7.02. The highest BCUT2D eigenvalue weighted by atomic mass is 79.9. The van der Waals surface area contributed by atoms with E-state index in [9.17, 15) is 10.1 Å². The van der Waals surface area contributed by atoms with E-state index in [1.54, 1.807) is 18.2 Å². The van der Waals surface area contributed by atoms with E-state index in [1.807, 2.05) is 25.2 Å². The number of nitro benzene ring substituents is 1. The molecule has 0 amide bonds. The van der Waals surface area contributed by atoms with Gasteiger partial charge in [-0.15, -0.1) is 0 Å². The Morgan fingerprint density at radius 2 is 2.05 bits per heavy atom. The van der Waals surface area contributed by atoms with Crippen molar-refractivity contribution in [1.29, 1.82) is 0 Å². The highest BCUT2D eigenvalue weighted by Crippen LogP contribution is 2.30. The molecule has 0 aliphatic heterocycles. The third kappa shape index (κ3) is 3.81. The second-order valence-electron chi connectivity index (χ2n) is 4.60. The van der Waals surface area contributed by atoms with Gasteiger partial charge in [0.05, 0.1) is 4.92 Å². The van der Waals surface area contributed by atoms with E-state index in [1.165, 1.54) is 6.07 Å². The third-order valence-electron chi connectivity index (χ3n) is 3.30. The van der Waals surface area contributed by atoms with E-state index in [0.29, 0.717) is 17.0 Å². The van der Waals surface area contributed by atoms with Gasteiger partial charge in [0.15, 0.2) is 0 Å². The van der Waals surface area contributed by atoms with E-state index in [4.69, 9.17) is 11.6 Å². The Kier molecular flexibility index (Phi) is 5.33. The quantitative estimate of drug-likeness (QED) is 0.623. The molecule has 1 unspecified atom stereocenters. The summed E-state index contributed by atoms with van der Waals surface area (Å²) in [6.07, 6.45) is 0.495. The van der Waals surface area contributed by atoms with Crippen LogP contribution in [0.15, 0.2) is 46.9 Å². The van der Waals surface area contributed by atoms with Gasteiger partial charge in [-0.2, -0.15) is 0 Å². The van der Waals surface area contributed by atoms with Crippen molar-refractivity contribution < 1.29 is 4.92 Å². The first-order valence-electron chi connectivity index (χ1n) is 6.37. The van der Waals surface area contributed by atoms with Gasteiger partial charge in [-0.05, 0) is 31.2 Å². The SMILES string of the molecule is CNC(Cc1ccccc1[N+](=O)[O-])c1ccc(Br)cc1Cl. The van der Waals surface area contributed by atoms with Crippen molar-refractivity contribution in [2.45, 2.75) is 12.5 Å². The zero-order chi connectivity index (χ0) is 15.4. The van der Waals surface area contributed by atoms with Crippen molar-refractivity contribution in [3.8, 4) is 0 Å². The highest BCUT2D eigenvalue weighted by Gasteiger charge is 2.19. The summed E-state index contributed by atoms with van der Waals surface area (Å²) in [7, 11) is 1.82. The molecule has 0 heterocycles. The van der Waals surface area contributed by atoms with Crippen molar-refractivity contribution in [2.75, 3.05) is 7.05 Å². The van der Waals surface area contributed by atoms with Crippen LogP contribution in [0.1, 0.15) is 17.2 Å². The summed E-state index contributed by atoms with van der Waals surface area (Å²) in [5, 5.41) is 14.9. The van der Waals surface area contributed by atoms with Crippen molar-refractivity contribution in [1.82, 2.24) is 5.32 Å². The Balaban J connectivity index is 2.34. The fourth-order valence-electron chi connectivity index (χ4n) is 2.23. The topological polar surface area (TPSA) is 55.2 Å². The van der Waals surface area contributed by atoms with Crippen molar-refractivity contribution >= 4 is 33.2 Å². The molecule has 0 aromatic heterocycles. The summed E-state index contributed by atoms with van der Waals surface area (Å²) in [6.45, 7) is 0. The Morgan fingerprint density at radius 3 is 2.67 bits per heavy atom. The third-order valence-corrected chi connectivity index (χ3v) is 4.12. The summed E-state index contributed by atoms with van der Waals surface area (Å²) in [4.78, 5) is 10.7. The minimum atomic E-state index is -0.356. The lowest BCUT2D eigenvalue weighted by Gasteiger charge is -2.18. The van der Waals surface area contributed by atoms with Crippen LogP contribution in [0, 0.1) is 10.1 Å². The van der Waals surface area contributed by atoms with Crippen molar-refractivity contribution in [3.63, 3.8) is 0 Å². The van der Waals surface area contributed by atoms with E-state index < -0.39 is 0 Å². The molecule has 0 radical (unpaired) electrons. The van der Waals surface area contributed by atoms with Gasteiger partial charge in [0.25, 0.3) is 5.69 Å². The second-order valence-corrected chi connectivity index (χ2v) is 5.92. The lowest BCUT2D eigenvalue weighted by Crippen LogP contribution is -2.19. The number of benzene rings is 2. The average Bonchev–Trinajstić information content (AvgIpc) is 2.45. The Hall–Kier alpha value is -1.43. The molecule has 110 valence electrons. The van der Waals surface area contributed by atoms with Crippen molar-refractivity contribution in [3.05, 3.63) is 73.2 Å². The predicted octanol–water partition coefficient (Wildman–Crippen LogP) is 4.51. The van der Waals surface area contributed by atoms with Gasteiger partial charge in [-0.25, -0.2) is 0 Å². The monoisotopic (exact) mass is 368 g/mol. The average molecular weight is 370 g/mol. The van der Waals surface area contributed by atoms with Crippen LogP contribution in [-0.4, -0.2) is 12.0 Å². The number of para-hydroxylation sites is 1. The van der Waals surface area contributed by atoms with Crippen LogP contribution in [0.4, 0.5) is 5.69 Å². The molecule has 6 heteroatoms. The van der Waals surface area contributed by atoms with Crippen LogP contribution in [0.5, 0.6) is 0 Å². The molecule has 1 atom stereocenters. The summed E-state index contributed by atoms with van der Waals surface area (Å²) in [5.41, 5.74) is 1.73. The summed E-state index contributed by atoms with van der Waals surface area (Å²) >= 11 is 9.64. The molecular weight excluding hydrogens is 356 g/mol. The molecular formula is C15H14BrClN2O2. The van der Waals surface area contributed by atoms with Crippen LogP contribution in [0.3, 0.4) is 0 Å². The van der Waals surface area contributed by atoms with Crippen LogP contribution >= 0.6 is 27.5 Å². The highest BCUT2D eigenvalue weighted by molar-refractivity contribution is 9.10. The molecule has 0 spiro atoms. The smallest absolute Gasteiger partial charge is 0.272 e. The standard InChI is InChI=1S/C15H14BrClN2O2/c1-18-14(12-7-6-11(16)9-13(12)17)8-10-4-2-3-5-15(10)19(20)21/h2-7,9,14,18H,8H2,1H3. The predicted molar refractivity (Wildman–Crippen MR) is 87.8 cm³/mol. The molecule has 0 aliphatic carbocycles. The molecule has 4 nitrogen and oxygen atoms in total. The molecule has 2 rings (SSSR count). The van der Waals surface area contributed by atoms with Gasteiger partial charge in [-0.1, -0.05) is 51.8 Å². The maximum atomic E-state index is 11.1. The Bertz CT molecular complexity index is 664. The first kappa shape index (κ1) is 15.9.